The van der Waals surface area contributed by atoms with E-state index in [9.17, 15) is 9.18 Å². The lowest BCUT2D eigenvalue weighted by Gasteiger charge is -2.04. The molecule has 16 heavy (non-hydrogen) atoms. The molecule has 0 radical (unpaired) electrons. The summed E-state index contributed by atoms with van der Waals surface area (Å²) in [6.07, 6.45) is 0. The second-order valence-corrected chi connectivity index (χ2v) is 3.43. The van der Waals surface area contributed by atoms with Crippen molar-refractivity contribution in [3.63, 3.8) is 0 Å². The molecule has 0 bridgehead atoms. The van der Waals surface area contributed by atoms with E-state index >= 15 is 0 Å². The van der Waals surface area contributed by atoms with Crippen molar-refractivity contribution in [3.05, 3.63) is 40.2 Å². The zero-order chi connectivity index (χ0) is 11.7. The van der Waals surface area contributed by atoms with Gasteiger partial charge in [0, 0.05) is 11.3 Å². The predicted octanol–water partition coefficient (Wildman–Crippen LogP) is 1.83. The minimum atomic E-state index is -0.457. The number of methoxy groups -OCH3 is 1. The van der Waals surface area contributed by atoms with E-state index in [2.05, 4.69) is 9.97 Å². The van der Waals surface area contributed by atoms with Crippen molar-refractivity contribution in [2.24, 2.45) is 0 Å². The average Bonchev–Trinajstić information content (AvgIpc) is 2.58. The number of hydrogen-bond acceptors (Lipinski definition) is 2. The van der Waals surface area contributed by atoms with Gasteiger partial charge in [-0.1, -0.05) is 0 Å². The van der Waals surface area contributed by atoms with Crippen LogP contribution < -0.4 is 10.4 Å². The molecule has 0 amide bonds. The Hall–Kier alpha value is -2.04. The van der Waals surface area contributed by atoms with Gasteiger partial charge in [-0.25, -0.2) is 9.18 Å². The van der Waals surface area contributed by atoms with Crippen LogP contribution in [0.5, 0.6) is 5.75 Å². The van der Waals surface area contributed by atoms with Crippen LogP contribution in [0.4, 0.5) is 4.39 Å². The van der Waals surface area contributed by atoms with Crippen molar-refractivity contribution in [3.8, 4) is 17.0 Å². The monoisotopic (exact) mass is 222 g/mol. The number of ether oxygens (including phenoxy) is 1. The molecule has 0 saturated heterocycles. The molecule has 0 aliphatic rings. The summed E-state index contributed by atoms with van der Waals surface area (Å²) < 4.78 is 18.3. The molecule has 0 atom stereocenters. The third-order valence-corrected chi connectivity index (χ3v) is 2.36. The summed E-state index contributed by atoms with van der Waals surface area (Å²) in [6, 6.07) is 4.54. The normalized spacial score (nSPS) is 10.4. The van der Waals surface area contributed by atoms with E-state index in [1.165, 1.54) is 19.2 Å². The molecular formula is C11H11FN2O2. The maximum absolute atomic E-state index is 13.4. The van der Waals surface area contributed by atoms with Crippen molar-refractivity contribution in [1.82, 2.24) is 9.97 Å². The number of aromatic nitrogens is 2. The van der Waals surface area contributed by atoms with Crippen LogP contribution in [0.25, 0.3) is 11.3 Å². The summed E-state index contributed by atoms with van der Waals surface area (Å²) in [5, 5.41) is 0. The predicted molar refractivity (Wildman–Crippen MR) is 58.1 cm³/mol. The van der Waals surface area contributed by atoms with Crippen molar-refractivity contribution >= 4 is 0 Å². The van der Waals surface area contributed by atoms with Crippen molar-refractivity contribution in [2.45, 2.75) is 6.92 Å². The fourth-order valence-corrected chi connectivity index (χ4v) is 1.58. The highest BCUT2D eigenvalue weighted by Gasteiger charge is 2.09. The van der Waals surface area contributed by atoms with Gasteiger partial charge in [0.1, 0.15) is 0 Å². The first-order valence-corrected chi connectivity index (χ1v) is 4.74. The first kappa shape index (κ1) is 10.5. The topological polar surface area (TPSA) is 57.9 Å². The highest BCUT2D eigenvalue weighted by molar-refractivity contribution is 5.62. The van der Waals surface area contributed by atoms with Crippen molar-refractivity contribution in [2.75, 3.05) is 7.11 Å². The molecule has 2 aromatic rings. The van der Waals surface area contributed by atoms with E-state index in [4.69, 9.17) is 4.74 Å². The Kier molecular flexibility index (Phi) is 2.52. The molecule has 4 nitrogen and oxygen atoms in total. The molecule has 1 heterocycles. The van der Waals surface area contributed by atoms with E-state index < -0.39 is 5.82 Å². The maximum Gasteiger partial charge on any atom is 0.323 e. The Balaban J connectivity index is 2.53. The van der Waals surface area contributed by atoms with Gasteiger partial charge in [0.15, 0.2) is 11.6 Å². The van der Waals surface area contributed by atoms with Crippen LogP contribution in [0.15, 0.2) is 23.0 Å². The minimum Gasteiger partial charge on any atom is -0.494 e. The number of aromatic amines is 2. The van der Waals surface area contributed by atoms with Gasteiger partial charge in [-0.15, -0.1) is 0 Å². The first-order chi connectivity index (χ1) is 7.61. The van der Waals surface area contributed by atoms with E-state index in [1.54, 1.807) is 13.0 Å². The third kappa shape index (κ3) is 1.71. The average molecular weight is 222 g/mol. The number of imidazole rings is 1. The van der Waals surface area contributed by atoms with Gasteiger partial charge in [-0.3, -0.25) is 0 Å². The van der Waals surface area contributed by atoms with Crippen LogP contribution in [0, 0.1) is 12.7 Å². The Morgan fingerprint density at radius 2 is 2.06 bits per heavy atom. The van der Waals surface area contributed by atoms with E-state index in [0.717, 1.165) is 0 Å². The van der Waals surface area contributed by atoms with Gasteiger partial charge in [-0.05, 0) is 25.1 Å². The molecule has 1 aromatic carbocycles. The zero-order valence-corrected chi connectivity index (χ0v) is 8.93. The Labute approximate surface area is 91.1 Å². The summed E-state index contributed by atoms with van der Waals surface area (Å²) in [4.78, 5) is 16.3. The fraction of sp³-hybridized carbons (Fsp3) is 0.182. The summed E-state index contributed by atoms with van der Waals surface area (Å²) in [5.74, 6) is -0.277. The summed E-state index contributed by atoms with van der Waals surface area (Å²) in [5.41, 5.74) is 1.57. The molecule has 1 aromatic heterocycles. The SMILES string of the molecule is COc1ccc(-c2[nH]c(=O)[nH]c2C)cc1F. The summed E-state index contributed by atoms with van der Waals surface area (Å²) in [6.45, 7) is 1.75. The molecule has 2 rings (SSSR count). The van der Waals surface area contributed by atoms with Crippen LogP contribution >= 0.6 is 0 Å². The molecule has 0 saturated carbocycles. The van der Waals surface area contributed by atoms with Gasteiger partial charge >= 0.3 is 5.69 Å². The number of H-pyrrole nitrogens is 2. The Bertz CT molecular complexity index is 572. The zero-order valence-electron chi connectivity index (χ0n) is 8.93. The molecule has 84 valence electrons. The van der Waals surface area contributed by atoms with Crippen molar-refractivity contribution in [1.29, 1.82) is 0 Å². The minimum absolute atomic E-state index is 0.180. The van der Waals surface area contributed by atoms with E-state index in [-0.39, 0.29) is 11.4 Å². The summed E-state index contributed by atoms with van der Waals surface area (Å²) in [7, 11) is 1.40. The lowest BCUT2D eigenvalue weighted by atomic mass is 10.1. The van der Waals surface area contributed by atoms with Crippen molar-refractivity contribution < 1.29 is 9.13 Å². The molecule has 0 spiro atoms. The number of halogens is 1. The Morgan fingerprint density at radius 3 is 2.56 bits per heavy atom. The second-order valence-electron chi connectivity index (χ2n) is 3.43. The highest BCUT2D eigenvalue weighted by Crippen LogP contribution is 2.24. The standard InChI is InChI=1S/C11H11FN2O2/c1-6-10(14-11(15)13-6)7-3-4-9(16-2)8(12)5-7/h3-5H,1-2H3,(H2,13,14,15). The molecule has 0 aliphatic heterocycles. The van der Waals surface area contributed by atoms with Gasteiger partial charge in [0.25, 0.3) is 0 Å². The van der Waals surface area contributed by atoms with Gasteiger partial charge < -0.3 is 14.7 Å². The van der Waals surface area contributed by atoms with E-state index in [1.807, 2.05) is 0 Å². The van der Waals surface area contributed by atoms with Crippen LogP contribution in [-0.4, -0.2) is 17.1 Å². The lowest BCUT2D eigenvalue weighted by molar-refractivity contribution is 0.386. The maximum atomic E-state index is 13.4. The molecular weight excluding hydrogens is 211 g/mol. The molecule has 0 fully saturated rings. The van der Waals surface area contributed by atoms with Crippen LogP contribution in [-0.2, 0) is 0 Å². The van der Waals surface area contributed by atoms with Gasteiger partial charge in [0.2, 0.25) is 0 Å². The molecule has 0 aliphatic carbocycles. The third-order valence-electron chi connectivity index (χ3n) is 2.36. The molecule has 2 N–H and O–H groups in total. The van der Waals surface area contributed by atoms with E-state index in [0.29, 0.717) is 17.0 Å². The first-order valence-electron chi connectivity index (χ1n) is 4.74. The number of benzene rings is 1. The fourth-order valence-electron chi connectivity index (χ4n) is 1.58. The number of hydrogen-bond donors (Lipinski definition) is 2. The van der Waals surface area contributed by atoms with Gasteiger partial charge in [-0.2, -0.15) is 0 Å². The molecule has 0 unspecified atom stereocenters. The van der Waals surface area contributed by atoms with Crippen LogP contribution in [0.3, 0.4) is 0 Å². The number of aryl methyl sites for hydroxylation is 1. The highest BCUT2D eigenvalue weighted by atomic mass is 19.1. The smallest absolute Gasteiger partial charge is 0.323 e. The largest absolute Gasteiger partial charge is 0.494 e. The molecule has 5 heteroatoms. The van der Waals surface area contributed by atoms with Gasteiger partial charge in [0.05, 0.1) is 12.8 Å². The quantitative estimate of drug-likeness (QED) is 0.814. The van der Waals surface area contributed by atoms with Crippen LogP contribution in [0.2, 0.25) is 0 Å². The second kappa shape index (κ2) is 3.84. The summed E-state index contributed by atoms with van der Waals surface area (Å²) >= 11 is 0. The number of rotatable bonds is 2. The lowest BCUT2D eigenvalue weighted by Crippen LogP contribution is -2.00. The Morgan fingerprint density at radius 1 is 1.31 bits per heavy atom. The number of nitrogens with one attached hydrogen (secondary N) is 2. The van der Waals surface area contributed by atoms with Crippen LogP contribution in [0.1, 0.15) is 5.69 Å².